The monoisotopic (exact) mass is 179 g/mol. The first-order valence-corrected chi connectivity index (χ1v) is 5.81. The van der Waals surface area contributed by atoms with Crippen molar-refractivity contribution >= 4 is 23.7 Å². The molecule has 0 fully saturated rings. The molecule has 0 saturated heterocycles. The van der Waals surface area contributed by atoms with Crippen molar-refractivity contribution in [2.45, 2.75) is 25.4 Å². The van der Waals surface area contributed by atoms with Crippen molar-refractivity contribution < 1.29 is 0 Å². The van der Waals surface area contributed by atoms with E-state index >= 15 is 0 Å². The van der Waals surface area contributed by atoms with Crippen molar-refractivity contribution in [3.8, 4) is 0 Å². The Morgan fingerprint density at radius 1 is 1.30 bits per heavy atom. The largest absolute Gasteiger partial charge is 0.250 e. The summed E-state index contributed by atoms with van der Waals surface area (Å²) in [5.74, 6) is 0. The van der Waals surface area contributed by atoms with Crippen LogP contribution in [0.25, 0.3) is 0 Å². The Kier molecular flexibility index (Phi) is 6.80. The van der Waals surface area contributed by atoms with Gasteiger partial charge in [-0.05, 0) is 13.2 Å². The van der Waals surface area contributed by atoms with E-state index in [1.54, 1.807) is 0 Å². The van der Waals surface area contributed by atoms with Crippen LogP contribution in [-0.2, 0) is 0 Å². The van der Waals surface area contributed by atoms with Gasteiger partial charge in [0.15, 0.2) is 0 Å². The van der Waals surface area contributed by atoms with Gasteiger partial charge in [0, 0.05) is 13.1 Å². The van der Waals surface area contributed by atoms with Crippen molar-refractivity contribution in [3.05, 3.63) is 0 Å². The molecule has 62 valence electrons. The van der Waals surface area contributed by atoms with Crippen LogP contribution in [0.2, 0.25) is 0 Å². The topological polar surface area (TPSA) is 3.24 Å². The molecule has 0 radical (unpaired) electrons. The second-order valence-electron chi connectivity index (χ2n) is 2.02. The van der Waals surface area contributed by atoms with Crippen molar-refractivity contribution in [3.63, 3.8) is 0 Å². The van der Waals surface area contributed by atoms with Gasteiger partial charge in [0.05, 0.1) is 4.58 Å². The Labute approximate surface area is 73.1 Å². The van der Waals surface area contributed by atoms with Crippen LogP contribution in [0.5, 0.6) is 0 Å². The van der Waals surface area contributed by atoms with Crippen LogP contribution in [0.4, 0.5) is 0 Å². The van der Waals surface area contributed by atoms with Gasteiger partial charge in [0.1, 0.15) is 0 Å². The molecule has 1 unspecified atom stereocenters. The van der Waals surface area contributed by atoms with Gasteiger partial charge in [-0.1, -0.05) is 25.8 Å². The lowest BCUT2D eigenvalue weighted by Gasteiger charge is -2.19. The van der Waals surface area contributed by atoms with Crippen LogP contribution in [0.1, 0.15) is 20.8 Å². The van der Waals surface area contributed by atoms with Gasteiger partial charge in [-0.3, -0.25) is 4.31 Å². The highest BCUT2D eigenvalue weighted by atomic mass is 32.2. The molecule has 3 heteroatoms. The number of nitrogens with zero attached hydrogens (tertiary/aromatic N) is 1. The molecule has 0 heterocycles. The fraction of sp³-hybridized carbons (Fsp3) is 1.00. The number of rotatable bonds is 5. The van der Waals surface area contributed by atoms with Crippen LogP contribution in [0, 0.1) is 0 Å². The van der Waals surface area contributed by atoms with Gasteiger partial charge in [-0.2, -0.15) is 0 Å². The van der Waals surface area contributed by atoms with E-state index < -0.39 is 0 Å². The fourth-order valence-corrected chi connectivity index (χ4v) is 2.05. The molecule has 1 atom stereocenters. The predicted molar refractivity (Wildman–Crippen MR) is 53.5 cm³/mol. The zero-order valence-corrected chi connectivity index (χ0v) is 8.89. The zero-order valence-electron chi connectivity index (χ0n) is 7.26. The van der Waals surface area contributed by atoms with Gasteiger partial charge in [-0.25, -0.2) is 0 Å². The molecule has 0 bridgehead atoms. The first kappa shape index (κ1) is 10.7. The summed E-state index contributed by atoms with van der Waals surface area (Å²) < 4.78 is 3.07. The molecule has 0 aromatic carbocycles. The lowest BCUT2D eigenvalue weighted by molar-refractivity contribution is 0.524. The van der Waals surface area contributed by atoms with Crippen molar-refractivity contribution in [2.75, 3.05) is 19.3 Å². The molecule has 0 saturated carbocycles. The lowest BCUT2D eigenvalue weighted by Crippen LogP contribution is -2.16. The molecule has 1 nitrogen and oxygen atoms in total. The van der Waals surface area contributed by atoms with Crippen molar-refractivity contribution in [1.82, 2.24) is 4.31 Å². The summed E-state index contributed by atoms with van der Waals surface area (Å²) in [5, 5.41) is 0. The summed E-state index contributed by atoms with van der Waals surface area (Å²) in [5.41, 5.74) is 0. The predicted octanol–water partition coefficient (Wildman–Crippen LogP) is 2.69. The maximum absolute atomic E-state index is 2.38. The Balaban J connectivity index is 3.41. The smallest absolute Gasteiger partial charge is 0.0618 e. The molecule has 0 aliphatic heterocycles. The van der Waals surface area contributed by atoms with Crippen LogP contribution in [0.15, 0.2) is 0 Å². The Morgan fingerprint density at radius 3 is 2.10 bits per heavy atom. The first-order valence-electron chi connectivity index (χ1n) is 3.69. The van der Waals surface area contributed by atoms with Gasteiger partial charge in [-0.15, -0.1) is 11.8 Å². The van der Waals surface area contributed by atoms with Crippen molar-refractivity contribution in [1.29, 1.82) is 0 Å². The second kappa shape index (κ2) is 6.38. The maximum atomic E-state index is 2.38. The third-order valence-electron chi connectivity index (χ3n) is 1.33. The molecule has 0 aliphatic carbocycles. The highest BCUT2D eigenvalue weighted by Gasteiger charge is 2.04. The molecule has 0 aromatic rings. The van der Waals surface area contributed by atoms with Crippen molar-refractivity contribution in [2.24, 2.45) is 0 Å². The summed E-state index contributed by atoms with van der Waals surface area (Å²) >= 11 is 3.85. The summed E-state index contributed by atoms with van der Waals surface area (Å²) in [6.07, 6.45) is 2.15. The SMILES string of the molecule is CCN(CC)SC(C)SC. The van der Waals surface area contributed by atoms with E-state index in [2.05, 4.69) is 31.3 Å². The summed E-state index contributed by atoms with van der Waals surface area (Å²) in [6, 6.07) is 0. The molecular weight excluding hydrogens is 162 g/mol. The third kappa shape index (κ3) is 4.47. The number of hydrogen-bond acceptors (Lipinski definition) is 3. The minimum Gasteiger partial charge on any atom is -0.250 e. The normalized spacial score (nSPS) is 14.1. The minimum atomic E-state index is 0.694. The van der Waals surface area contributed by atoms with Gasteiger partial charge < -0.3 is 0 Å². The first-order chi connectivity index (χ1) is 4.74. The van der Waals surface area contributed by atoms with E-state index in [-0.39, 0.29) is 0 Å². The molecule has 0 rings (SSSR count). The average Bonchev–Trinajstić information content (AvgIpc) is 1.99. The van der Waals surface area contributed by atoms with Gasteiger partial charge in [0.2, 0.25) is 0 Å². The molecule has 0 amide bonds. The van der Waals surface area contributed by atoms with E-state index in [1.165, 1.54) is 0 Å². The van der Waals surface area contributed by atoms with E-state index in [4.69, 9.17) is 0 Å². The third-order valence-corrected chi connectivity index (χ3v) is 3.95. The van der Waals surface area contributed by atoms with Gasteiger partial charge >= 0.3 is 0 Å². The standard InChI is InChI=1S/C7H17NS2/c1-5-8(6-2)10-7(3)9-4/h7H,5-6H2,1-4H3. The second-order valence-corrected chi connectivity index (χ2v) is 4.93. The molecule has 0 N–H and O–H groups in total. The number of thioether (sulfide) groups is 1. The molecule has 0 spiro atoms. The summed E-state index contributed by atoms with van der Waals surface area (Å²) in [4.78, 5) is 0. The van der Waals surface area contributed by atoms with E-state index in [0.717, 1.165) is 13.1 Å². The minimum absolute atomic E-state index is 0.694. The molecule has 0 aliphatic rings. The highest BCUT2D eigenvalue weighted by Crippen LogP contribution is 2.23. The quantitative estimate of drug-likeness (QED) is 0.472. The molecule has 0 aromatic heterocycles. The van der Waals surface area contributed by atoms with E-state index in [0.29, 0.717) is 4.58 Å². The summed E-state index contributed by atoms with van der Waals surface area (Å²) in [6.45, 7) is 8.93. The Bertz CT molecular complexity index is 74.0. The Hall–Kier alpha value is 0.660. The van der Waals surface area contributed by atoms with E-state index in [1.807, 2.05) is 23.7 Å². The molecular formula is C7H17NS2. The maximum Gasteiger partial charge on any atom is 0.0618 e. The number of hydrogen-bond donors (Lipinski definition) is 0. The van der Waals surface area contributed by atoms with Crippen LogP contribution >= 0.6 is 23.7 Å². The highest BCUT2D eigenvalue weighted by molar-refractivity contribution is 8.15. The average molecular weight is 179 g/mol. The lowest BCUT2D eigenvalue weighted by atomic mass is 10.7. The summed E-state index contributed by atoms with van der Waals surface area (Å²) in [7, 11) is 0. The fourth-order valence-electron chi connectivity index (χ4n) is 0.626. The van der Waals surface area contributed by atoms with Crippen LogP contribution in [0.3, 0.4) is 0 Å². The van der Waals surface area contributed by atoms with E-state index in [9.17, 15) is 0 Å². The van der Waals surface area contributed by atoms with Crippen LogP contribution < -0.4 is 0 Å². The van der Waals surface area contributed by atoms with Gasteiger partial charge in [0.25, 0.3) is 0 Å². The Morgan fingerprint density at radius 2 is 1.80 bits per heavy atom. The molecule has 10 heavy (non-hydrogen) atoms. The van der Waals surface area contributed by atoms with Crippen LogP contribution in [-0.4, -0.2) is 28.2 Å². The zero-order chi connectivity index (χ0) is 7.98.